The molecule has 0 saturated heterocycles. The van der Waals surface area contributed by atoms with Crippen molar-refractivity contribution in [2.24, 2.45) is 0 Å². The number of carbonyl (C=O) groups is 1. The van der Waals surface area contributed by atoms with E-state index in [1.165, 1.54) is 6.92 Å². The molecule has 0 unspecified atom stereocenters. The number of benzene rings is 1. The first-order chi connectivity index (χ1) is 9.58. The van der Waals surface area contributed by atoms with E-state index in [1.54, 1.807) is 0 Å². The Bertz CT molecular complexity index is 512. The summed E-state index contributed by atoms with van der Waals surface area (Å²) in [6.07, 6.45) is -4.80. The second-order valence-electron chi connectivity index (χ2n) is 3.84. The summed E-state index contributed by atoms with van der Waals surface area (Å²) in [4.78, 5) is 11.2. The largest absolute Gasteiger partial charge is 0.483 e. The molecule has 0 N–H and O–H groups in total. The van der Waals surface area contributed by atoms with Gasteiger partial charge in [-0.25, -0.2) is 9.18 Å². The molecule has 0 amide bonds. The summed E-state index contributed by atoms with van der Waals surface area (Å²) in [6.45, 7) is -0.976. The zero-order valence-electron chi connectivity index (χ0n) is 10.6. The predicted molar refractivity (Wildman–Crippen MR) is 58.5 cm³/mol. The molecule has 21 heavy (non-hydrogen) atoms. The SMILES string of the molecule is CCOC(=O)C(F)(F)c1ccc(F)cc1OCC(F)(F)F. The lowest BCUT2D eigenvalue weighted by molar-refractivity contribution is -0.173. The highest BCUT2D eigenvalue weighted by Crippen LogP contribution is 2.37. The molecule has 0 radical (unpaired) electrons. The van der Waals surface area contributed by atoms with E-state index in [2.05, 4.69) is 9.47 Å². The van der Waals surface area contributed by atoms with Gasteiger partial charge in [0.25, 0.3) is 0 Å². The molecule has 0 heterocycles. The van der Waals surface area contributed by atoms with Crippen molar-refractivity contribution in [1.82, 2.24) is 0 Å². The Balaban J connectivity index is 3.14. The standard InChI is InChI=1S/C12H10F6O3/c1-2-20-10(19)12(17,18)8-4-3-7(13)5-9(8)21-6-11(14,15)16/h3-5H,2,6H2,1H3. The lowest BCUT2D eigenvalue weighted by Crippen LogP contribution is -2.29. The summed E-state index contributed by atoms with van der Waals surface area (Å²) in [7, 11) is 0. The zero-order valence-corrected chi connectivity index (χ0v) is 10.6. The van der Waals surface area contributed by atoms with E-state index < -0.39 is 41.8 Å². The fourth-order valence-electron chi connectivity index (χ4n) is 1.37. The molecule has 3 nitrogen and oxygen atoms in total. The summed E-state index contributed by atoms with van der Waals surface area (Å²) >= 11 is 0. The summed E-state index contributed by atoms with van der Waals surface area (Å²) < 4.78 is 85.0. The molecule has 0 aliphatic heterocycles. The van der Waals surface area contributed by atoms with E-state index in [4.69, 9.17) is 0 Å². The van der Waals surface area contributed by atoms with Gasteiger partial charge < -0.3 is 9.47 Å². The van der Waals surface area contributed by atoms with Crippen molar-refractivity contribution in [3.8, 4) is 5.75 Å². The number of hydrogen-bond donors (Lipinski definition) is 0. The smallest absolute Gasteiger partial charge is 0.422 e. The lowest BCUT2D eigenvalue weighted by atomic mass is 10.1. The molecular formula is C12H10F6O3. The number of ether oxygens (including phenoxy) is 2. The second-order valence-corrected chi connectivity index (χ2v) is 3.84. The van der Waals surface area contributed by atoms with Crippen molar-refractivity contribution < 1.29 is 40.6 Å². The first kappa shape index (κ1) is 17.1. The van der Waals surface area contributed by atoms with Crippen LogP contribution in [0.25, 0.3) is 0 Å². The molecule has 0 spiro atoms. The Morgan fingerprint density at radius 3 is 2.33 bits per heavy atom. The van der Waals surface area contributed by atoms with Crippen LogP contribution in [0.3, 0.4) is 0 Å². The van der Waals surface area contributed by atoms with Crippen LogP contribution < -0.4 is 4.74 Å². The Kier molecular flexibility index (Phi) is 5.08. The van der Waals surface area contributed by atoms with Crippen molar-refractivity contribution in [2.75, 3.05) is 13.2 Å². The van der Waals surface area contributed by atoms with E-state index in [-0.39, 0.29) is 6.61 Å². The van der Waals surface area contributed by atoms with Gasteiger partial charge in [0, 0.05) is 6.07 Å². The van der Waals surface area contributed by atoms with Crippen LogP contribution in [-0.4, -0.2) is 25.4 Å². The minimum atomic E-state index is -4.80. The molecule has 0 aliphatic rings. The van der Waals surface area contributed by atoms with Crippen LogP contribution in [0.15, 0.2) is 18.2 Å². The van der Waals surface area contributed by atoms with Gasteiger partial charge >= 0.3 is 18.1 Å². The molecule has 0 saturated carbocycles. The summed E-state index contributed by atoms with van der Waals surface area (Å²) in [6, 6.07) is 1.38. The van der Waals surface area contributed by atoms with E-state index in [0.29, 0.717) is 18.2 Å². The number of hydrogen-bond acceptors (Lipinski definition) is 3. The monoisotopic (exact) mass is 316 g/mol. The Labute approximate surface area is 115 Å². The lowest BCUT2D eigenvalue weighted by Gasteiger charge is -2.19. The minimum Gasteiger partial charge on any atom is -0.483 e. The minimum absolute atomic E-state index is 0.341. The van der Waals surface area contributed by atoms with Crippen LogP contribution in [0, 0.1) is 5.82 Å². The number of carbonyl (C=O) groups excluding carboxylic acids is 1. The van der Waals surface area contributed by atoms with Crippen LogP contribution in [0.5, 0.6) is 5.75 Å². The molecule has 118 valence electrons. The number of alkyl halides is 5. The molecule has 1 aromatic rings. The fourth-order valence-corrected chi connectivity index (χ4v) is 1.37. The Hall–Kier alpha value is -1.93. The normalized spacial score (nSPS) is 12.1. The maximum Gasteiger partial charge on any atom is 0.422 e. The number of rotatable bonds is 5. The van der Waals surface area contributed by atoms with Crippen LogP contribution in [0.2, 0.25) is 0 Å². The quantitative estimate of drug-likeness (QED) is 0.617. The topological polar surface area (TPSA) is 35.5 Å². The van der Waals surface area contributed by atoms with Gasteiger partial charge in [-0.2, -0.15) is 22.0 Å². The highest BCUT2D eigenvalue weighted by molar-refractivity contribution is 5.80. The molecule has 1 aromatic carbocycles. The molecule has 0 fully saturated rings. The van der Waals surface area contributed by atoms with Gasteiger partial charge in [0.15, 0.2) is 6.61 Å². The summed E-state index contributed by atoms with van der Waals surface area (Å²) in [5.41, 5.74) is -1.20. The fraction of sp³-hybridized carbons (Fsp3) is 0.417. The first-order valence-corrected chi connectivity index (χ1v) is 5.62. The highest BCUT2D eigenvalue weighted by atomic mass is 19.4. The van der Waals surface area contributed by atoms with Gasteiger partial charge in [0.1, 0.15) is 11.6 Å². The summed E-state index contributed by atoms with van der Waals surface area (Å²) in [5, 5.41) is 0. The maximum atomic E-state index is 13.8. The van der Waals surface area contributed by atoms with E-state index in [1.807, 2.05) is 0 Å². The van der Waals surface area contributed by atoms with Gasteiger partial charge in [0.2, 0.25) is 0 Å². The van der Waals surface area contributed by atoms with Crippen molar-refractivity contribution >= 4 is 5.97 Å². The van der Waals surface area contributed by atoms with E-state index in [9.17, 15) is 31.1 Å². The first-order valence-electron chi connectivity index (χ1n) is 5.62. The van der Waals surface area contributed by atoms with Gasteiger partial charge in [-0.3, -0.25) is 0 Å². The van der Waals surface area contributed by atoms with Gasteiger partial charge in [-0.15, -0.1) is 0 Å². The van der Waals surface area contributed by atoms with E-state index >= 15 is 0 Å². The third-order valence-corrected chi connectivity index (χ3v) is 2.21. The van der Waals surface area contributed by atoms with Crippen LogP contribution in [-0.2, 0) is 15.5 Å². The van der Waals surface area contributed by atoms with Crippen LogP contribution in [0.4, 0.5) is 26.3 Å². The molecule has 0 bridgehead atoms. The van der Waals surface area contributed by atoms with Gasteiger partial charge in [-0.1, -0.05) is 0 Å². The Morgan fingerprint density at radius 1 is 1.19 bits per heavy atom. The van der Waals surface area contributed by atoms with Crippen LogP contribution in [0.1, 0.15) is 12.5 Å². The molecule has 0 aromatic heterocycles. The predicted octanol–water partition coefficient (Wildman–Crippen LogP) is 3.42. The average molecular weight is 316 g/mol. The van der Waals surface area contributed by atoms with Crippen molar-refractivity contribution in [3.63, 3.8) is 0 Å². The average Bonchev–Trinajstić information content (AvgIpc) is 2.35. The third kappa shape index (κ3) is 4.54. The molecule has 1 rings (SSSR count). The van der Waals surface area contributed by atoms with Crippen molar-refractivity contribution in [1.29, 1.82) is 0 Å². The van der Waals surface area contributed by atoms with Crippen LogP contribution >= 0.6 is 0 Å². The Morgan fingerprint density at radius 2 is 1.81 bits per heavy atom. The molecule has 0 atom stereocenters. The van der Waals surface area contributed by atoms with Gasteiger partial charge in [0.05, 0.1) is 12.2 Å². The van der Waals surface area contributed by atoms with E-state index in [0.717, 1.165) is 0 Å². The second kappa shape index (κ2) is 6.23. The number of esters is 1. The number of halogens is 6. The maximum absolute atomic E-state index is 13.8. The molecule has 9 heteroatoms. The van der Waals surface area contributed by atoms with Crippen molar-refractivity contribution in [3.05, 3.63) is 29.6 Å². The summed E-state index contributed by atoms with van der Waals surface area (Å²) in [5.74, 6) is -8.39. The van der Waals surface area contributed by atoms with Gasteiger partial charge in [-0.05, 0) is 19.1 Å². The van der Waals surface area contributed by atoms with Crippen molar-refractivity contribution in [2.45, 2.75) is 19.0 Å². The molecular weight excluding hydrogens is 306 g/mol. The molecule has 0 aliphatic carbocycles. The highest BCUT2D eigenvalue weighted by Gasteiger charge is 2.45. The third-order valence-electron chi connectivity index (χ3n) is 2.21. The zero-order chi connectivity index (χ0) is 16.3.